The summed E-state index contributed by atoms with van der Waals surface area (Å²) in [6.07, 6.45) is 0.502. The minimum Gasteiger partial charge on any atom is -0.486 e. The van der Waals surface area contributed by atoms with Gasteiger partial charge in [-0.15, -0.1) is 11.6 Å². The number of alkyl halides is 1. The van der Waals surface area contributed by atoms with Crippen LogP contribution in [0, 0.1) is 5.82 Å². The Morgan fingerprint density at radius 3 is 2.94 bits per heavy atom. The first kappa shape index (κ1) is 13.1. The van der Waals surface area contributed by atoms with Crippen molar-refractivity contribution in [1.29, 1.82) is 0 Å². The second-order valence-electron chi connectivity index (χ2n) is 3.90. The van der Waals surface area contributed by atoms with Gasteiger partial charge in [-0.1, -0.05) is 0 Å². The molecule has 1 aromatic carbocycles. The molecule has 0 saturated heterocycles. The lowest BCUT2D eigenvalue weighted by Gasteiger charge is -2.40. The summed E-state index contributed by atoms with van der Waals surface area (Å²) in [4.78, 5) is 0. The molecule has 0 aromatic heterocycles. The summed E-state index contributed by atoms with van der Waals surface area (Å²) in [6, 6.07) is 4.36. The molecule has 0 radical (unpaired) electrons. The van der Waals surface area contributed by atoms with E-state index in [-0.39, 0.29) is 23.4 Å². The van der Waals surface area contributed by atoms with Crippen LogP contribution in [0.25, 0.3) is 0 Å². The molecule has 3 unspecified atom stereocenters. The van der Waals surface area contributed by atoms with Crippen LogP contribution in [0.15, 0.2) is 22.7 Å². The first-order valence-corrected chi connectivity index (χ1v) is 6.72. The highest BCUT2D eigenvalue weighted by Crippen LogP contribution is 2.35. The first-order chi connectivity index (χ1) is 8.11. The Balaban J connectivity index is 2.03. The number of rotatable bonds is 4. The lowest BCUT2D eigenvalue weighted by Crippen LogP contribution is -2.52. The maximum atomic E-state index is 13.1. The molecule has 1 saturated carbocycles. The Kier molecular flexibility index (Phi) is 4.28. The summed E-state index contributed by atoms with van der Waals surface area (Å²) < 4.78 is 25.0. The summed E-state index contributed by atoms with van der Waals surface area (Å²) in [5.41, 5.74) is 0. The summed E-state index contributed by atoms with van der Waals surface area (Å²) in [5.74, 6) is 0.168. The molecule has 0 amide bonds. The van der Waals surface area contributed by atoms with E-state index in [0.717, 1.165) is 10.9 Å². The fourth-order valence-corrected chi connectivity index (χ4v) is 2.53. The molecule has 0 bridgehead atoms. The molecule has 5 heteroatoms. The minimum atomic E-state index is -0.321. The second-order valence-corrected chi connectivity index (χ2v) is 5.32. The van der Waals surface area contributed by atoms with Gasteiger partial charge in [-0.05, 0) is 35.0 Å². The second kappa shape index (κ2) is 5.55. The highest BCUT2D eigenvalue weighted by molar-refractivity contribution is 9.10. The van der Waals surface area contributed by atoms with Crippen molar-refractivity contribution in [3.63, 3.8) is 0 Å². The first-order valence-electron chi connectivity index (χ1n) is 5.49. The summed E-state index contributed by atoms with van der Waals surface area (Å²) in [5, 5.41) is -0.0210. The van der Waals surface area contributed by atoms with E-state index in [0.29, 0.717) is 12.4 Å². The molecule has 0 spiro atoms. The highest BCUT2D eigenvalue weighted by atomic mass is 79.9. The van der Waals surface area contributed by atoms with Gasteiger partial charge in [0, 0.05) is 19.1 Å². The van der Waals surface area contributed by atoms with Gasteiger partial charge in [0.1, 0.15) is 23.8 Å². The zero-order valence-electron chi connectivity index (χ0n) is 9.33. The monoisotopic (exact) mass is 322 g/mol. The van der Waals surface area contributed by atoms with Crippen molar-refractivity contribution in [2.45, 2.75) is 30.9 Å². The van der Waals surface area contributed by atoms with Crippen molar-refractivity contribution < 1.29 is 13.9 Å². The van der Waals surface area contributed by atoms with Crippen LogP contribution in [0.1, 0.15) is 13.3 Å². The summed E-state index contributed by atoms with van der Waals surface area (Å²) >= 11 is 9.36. The smallest absolute Gasteiger partial charge is 0.136 e. The van der Waals surface area contributed by atoms with E-state index in [2.05, 4.69) is 15.9 Å². The molecule has 3 atom stereocenters. The van der Waals surface area contributed by atoms with Gasteiger partial charge in [0.15, 0.2) is 0 Å². The van der Waals surface area contributed by atoms with E-state index in [1.807, 2.05) is 6.92 Å². The van der Waals surface area contributed by atoms with Crippen LogP contribution in [0.2, 0.25) is 0 Å². The molecular weight excluding hydrogens is 310 g/mol. The van der Waals surface area contributed by atoms with Crippen molar-refractivity contribution >= 4 is 27.5 Å². The zero-order chi connectivity index (χ0) is 12.4. The quantitative estimate of drug-likeness (QED) is 0.786. The van der Waals surface area contributed by atoms with Gasteiger partial charge < -0.3 is 9.47 Å². The molecule has 0 aliphatic heterocycles. The largest absolute Gasteiger partial charge is 0.486 e. The van der Waals surface area contributed by atoms with Crippen LogP contribution in [-0.2, 0) is 4.74 Å². The molecule has 94 valence electrons. The number of halogens is 3. The zero-order valence-corrected chi connectivity index (χ0v) is 11.7. The van der Waals surface area contributed by atoms with E-state index in [9.17, 15) is 4.39 Å². The van der Waals surface area contributed by atoms with E-state index in [4.69, 9.17) is 21.1 Å². The van der Waals surface area contributed by atoms with Gasteiger partial charge >= 0.3 is 0 Å². The highest BCUT2D eigenvalue weighted by Gasteiger charge is 2.42. The molecule has 2 nitrogen and oxygen atoms in total. The Morgan fingerprint density at radius 1 is 1.53 bits per heavy atom. The maximum Gasteiger partial charge on any atom is 0.136 e. The predicted molar refractivity (Wildman–Crippen MR) is 68.2 cm³/mol. The van der Waals surface area contributed by atoms with Gasteiger partial charge in [-0.25, -0.2) is 4.39 Å². The van der Waals surface area contributed by atoms with Crippen molar-refractivity contribution in [2.75, 3.05) is 6.61 Å². The van der Waals surface area contributed by atoms with Gasteiger partial charge in [0.05, 0.1) is 9.85 Å². The fraction of sp³-hybridized carbons (Fsp3) is 0.500. The molecule has 1 aliphatic carbocycles. The molecule has 1 aliphatic rings. The summed E-state index contributed by atoms with van der Waals surface area (Å²) in [6.45, 7) is 2.51. The van der Waals surface area contributed by atoms with Crippen LogP contribution >= 0.6 is 27.5 Å². The fourth-order valence-electron chi connectivity index (χ4n) is 1.78. The number of benzene rings is 1. The number of hydrogen-bond donors (Lipinski definition) is 0. The van der Waals surface area contributed by atoms with Crippen molar-refractivity contribution in [1.82, 2.24) is 0 Å². The topological polar surface area (TPSA) is 18.5 Å². The third-order valence-electron chi connectivity index (χ3n) is 2.71. The Labute approximate surface area is 113 Å². The molecule has 1 fully saturated rings. The molecular formula is C12H13BrClFO2. The molecule has 1 aromatic rings. The molecule has 17 heavy (non-hydrogen) atoms. The minimum absolute atomic E-state index is 0.0210. The van der Waals surface area contributed by atoms with Gasteiger partial charge in [-0.2, -0.15) is 0 Å². The SMILES string of the molecule is CCOC1C(Cl)CC1Oc1cc(F)ccc1Br. The van der Waals surface area contributed by atoms with Crippen molar-refractivity contribution in [3.8, 4) is 5.75 Å². The molecule has 0 N–H and O–H groups in total. The van der Waals surface area contributed by atoms with E-state index >= 15 is 0 Å². The standard InChI is InChI=1S/C12H13BrClFO2/c1-2-16-12-9(14)6-11(12)17-10-5-7(15)3-4-8(10)13/h3-5,9,11-12H,2,6H2,1H3. The molecule has 0 heterocycles. The lowest BCUT2D eigenvalue weighted by molar-refractivity contribution is -0.0762. The predicted octanol–water partition coefficient (Wildman–Crippen LogP) is 3.75. The van der Waals surface area contributed by atoms with Crippen molar-refractivity contribution in [2.24, 2.45) is 0 Å². The van der Waals surface area contributed by atoms with Crippen LogP contribution < -0.4 is 4.74 Å². The number of hydrogen-bond acceptors (Lipinski definition) is 2. The average Bonchev–Trinajstić information content (AvgIpc) is 2.30. The van der Waals surface area contributed by atoms with Crippen LogP contribution in [-0.4, -0.2) is 24.2 Å². The van der Waals surface area contributed by atoms with Crippen LogP contribution in [0.3, 0.4) is 0 Å². The average molecular weight is 324 g/mol. The summed E-state index contributed by atoms with van der Waals surface area (Å²) in [7, 11) is 0. The van der Waals surface area contributed by atoms with Gasteiger partial charge in [-0.3, -0.25) is 0 Å². The third kappa shape index (κ3) is 2.92. The van der Waals surface area contributed by atoms with E-state index in [1.54, 1.807) is 6.07 Å². The van der Waals surface area contributed by atoms with E-state index in [1.165, 1.54) is 12.1 Å². The lowest BCUT2D eigenvalue weighted by atomic mass is 9.91. The van der Waals surface area contributed by atoms with Gasteiger partial charge in [0.2, 0.25) is 0 Å². The third-order valence-corrected chi connectivity index (χ3v) is 3.79. The number of ether oxygens (including phenoxy) is 2. The molecule has 2 rings (SSSR count). The van der Waals surface area contributed by atoms with E-state index < -0.39 is 0 Å². The Hall–Kier alpha value is -0.320. The van der Waals surface area contributed by atoms with Gasteiger partial charge in [0.25, 0.3) is 0 Å². The Bertz CT molecular complexity index is 402. The maximum absolute atomic E-state index is 13.1. The van der Waals surface area contributed by atoms with Crippen LogP contribution in [0.5, 0.6) is 5.75 Å². The van der Waals surface area contributed by atoms with Crippen LogP contribution in [0.4, 0.5) is 4.39 Å². The normalized spacial score (nSPS) is 27.6. The Morgan fingerprint density at radius 2 is 2.29 bits per heavy atom. The van der Waals surface area contributed by atoms with Crippen molar-refractivity contribution in [3.05, 3.63) is 28.5 Å².